The van der Waals surface area contributed by atoms with Crippen molar-refractivity contribution in [1.82, 2.24) is 9.78 Å². The predicted molar refractivity (Wildman–Crippen MR) is 80.5 cm³/mol. The van der Waals surface area contributed by atoms with Crippen LogP contribution in [0.25, 0.3) is 0 Å². The molecule has 5 heteroatoms. The maximum atomic E-state index is 12.1. The van der Waals surface area contributed by atoms with Crippen molar-refractivity contribution in [2.45, 2.75) is 33.2 Å². The Balaban J connectivity index is 2.15. The Morgan fingerprint density at radius 3 is 2.80 bits per heavy atom. The topological polar surface area (TPSA) is 72.9 Å². The van der Waals surface area contributed by atoms with E-state index in [4.69, 9.17) is 5.73 Å². The summed E-state index contributed by atoms with van der Waals surface area (Å²) in [6, 6.07) is 6.04. The van der Waals surface area contributed by atoms with Crippen LogP contribution in [0.15, 0.2) is 30.6 Å². The second-order valence-corrected chi connectivity index (χ2v) is 5.21. The molecule has 0 aliphatic carbocycles. The number of para-hydroxylation sites is 1. The van der Waals surface area contributed by atoms with E-state index in [-0.39, 0.29) is 12.5 Å². The van der Waals surface area contributed by atoms with Gasteiger partial charge in [-0.25, -0.2) is 0 Å². The van der Waals surface area contributed by atoms with Crippen LogP contribution >= 0.6 is 0 Å². The predicted octanol–water partition coefficient (Wildman–Crippen LogP) is 2.54. The molecule has 1 aromatic heterocycles. The van der Waals surface area contributed by atoms with E-state index in [0.29, 0.717) is 11.6 Å². The van der Waals surface area contributed by atoms with Crippen LogP contribution in [0.2, 0.25) is 0 Å². The molecule has 20 heavy (non-hydrogen) atoms. The number of hydrogen-bond donors (Lipinski definition) is 2. The molecule has 0 fully saturated rings. The second-order valence-electron chi connectivity index (χ2n) is 5.21. The molecule has 1 amide bonds. The van der Waals surface area contributed by atoms with Crippen LogP contribution in [0.5, 0.6) is 0 Å². The summed E-state index contributed by atoms with van der Waals surface area (Å²) < 4.78 is 1.53. The van der Waals surface area contributed by atoms with Gasteiger partial charge in [0.25, 0.3) is 0 Å². The van der Waals surface area contributed by atoms with Gasteiger partial charge in [0.2, 0.25) is 5.91 Å². The van der Waals surface area contributed by atoms with Crippen LogP contribution in [-0.4, -0.2) is 15.7 Å². The highest BCUT2D eigenvalue weighted by Gasteiger charge is 2.12. The third-order valence-corrected chi connectivity index (χ3v) is 3.15. The minimum absolute atomic E-state index is 0.107. The van der Waals surface area contributed by atoms with Crippen molar-refractivity contribution in [1.29, 1.82) is 0 Å². The van der Waals surface area contributed by atoms with E-state index in [1.54, 1.807) is 6.20 Å². The van der Waals surface area contributed by atoms with Gasteiger partial charge in [-0.2, -0.15) is 5.10 Å². The first kappa shape index (κ1) is 14.1. The van der Waals surface area contributed by atoms with Crippen LogP contribution in [-0.2, 0) is 11.3 Å². The number of amides is 1. The molecule has 1 aromatic carbocycles. The minimum Gasteiger partial charge on any atom is -0.396 e. The first-order valence-electron chi connectivity index (χ1n) is 6.64. The summed E-state index contributed by atoms with van der Waals surface area (Å²) in [6.07, 6.45) is 3.17. The van der Waals surface area contributed by atoms with Crippen LogP contribution < -0.4 is 11.1 Å². The summed E-state index contributed by atoms with van der Waals surface area (Å²) in [5.74, 6) is 0.245. The summed E-state index contributed by atoms with van der Waals surface area (Å²) in [5.41, 5.74) is 9.23. The Morgan fingerprint density at radius 2 is 2.20 bits per heavy atom. The number of benzene rings is 1. The van der Waals surface area contributed by atoms with E-state index in [1.807, 2.05) is 25.1 Å². The summed E-state index contributed by atoms with van der Waals surface area (Å²) in [7, 11) is 0. The standard InChI is InChI=1S/C15H20N4O/c1-10(2)13-6-4-5-11(3)15(13)18-14(20)9-19-8-12(16)7-17-19/h4-8,10H,9,16H2,1-3H3,(H,18,20). The van der Waals surface area contributed by atoms with Gasteiger partial charge < -0.3 is 11.1 Å². The number of nitrogens with two attached hydrogens (primary N) is 1. The van der Waals surface area contributed by atoms with Crippen molar-refractivity contribution >= 4 is 17.3 Å². The zero-order valence-electron chi connectivity index (χ0n) is 12.1. The number of carbonyl (C=O) groups excluding carboxylic acids is 1. The number of carbonyl (C=O) groups is 1. The average molecular weight is 272 g/mol. The fourth-order valence-electron chi connectivity index (χ4n) is 2.13. The van der Waals surface area contributed by atoms with E-state index >= 15 is 0 Å². The molecule has 1 heterocycles. The van der Waals surface area contributed by atoms with E-state index in [2.05, 4.69) is 24.3 Å². The monoisotopic (exact) mass is 272 g/mol. The van der Waals surface area contributed by atoms with Crippen molar-refractivity contribution in [3.63, 3.8) is 0 Å². The van der Waals surface area contributed by atoms with Crippen LogP contribution in [0.3, 0.4) is 0 Å². The molecular formula is C15H20N4O. The third kappa shape index (κ3) is 3.17. The number of hydrogen-bond acceptors (Lipinski definition) is 3. The molecule has 0 radical (unpaired) electrons. The van der Waals surface area contributed by atoms with Crippen LogP contribution in [0.1, 0.15) is 30.9 Å². The van der Waals surface area contributed by atoms with E-state index in [1.165, 1.54) is 10.9 Å². The molecule has 0 unspecified atom stereocenters. The van der Waals surface area contributed by atoms with Crippen molar-refractivity contribution in [2.75, 3.05) is 11.1 Å². The number of aromatic nitrogens is 2. The molecule has 0 aliphatic rings. The van der Waals surface area contributed by atoms with Gasteiger partial charge in [-0.3, -0.25) is 9.48 Å². The summed E-state index contributed by atoms with van der Waals surface area (Å²) >= 11 is 0. The summed E-state index contributed by atoms with van der Waals surface area (Å²) in [5, 5.41) is 6.99. The smallest absolute Gasteiger partial charge is 0.246 e. The average Bonchev–Trinajstić information content (AvgIpc) is 2.77. The van der Waals surface area contributed by atoms with Gasteiger partial charge in [0.05, 0.1) is 11.9 Å². The fourth-order valence-corrected chi connectivity index (χ4v) is 2.13. The molecule has 0 saturated heterocycles. The normalized spacial score (nSPS) is 10.8. The van der Waals surface area contributed by atoms with E-state index < -0.39 is 0 Å². The van der Waals surface area contributed by atoms with Gasteiger partial charge in [-0.1, -0.05) is 32.0 Å². The molecule has 0 atom stereocenters. The van der Waals surface area contributed by atoms with E-state index in [0.717, 1.165) is 16.8 Å². The van der Waals surface area contributed by atoms with Gasteiger partial charge in [0, 0.05) is 11.9 Å². The maximum absolute atomic E-state index is 12.1. The lowest BCUT2D eigenvalue weighted by Crippen LogP contribution is -2.20. The quantitative estimate of drug-likeness (QED) is 0.898. The number of nitrogens with one attached hydrogen (secondary N) is 1. The number of nitrogens with zero attached hydrogens (tertiary/aromatic N) is 2. The Bertz CT molecular complexity index is 616. The Morgan fingerprint density at radius 1 is 1.45 bits per heavy atom. The molecule has 2 aromatic rings. The lowest BCUT2D eigenvalue weighted by atomic mass is 9.98. The van der Waals surface area contributed by atoms with Crippen LogP contribution in [0.4, 0.5) is 11.4 Å². The summed E-state index contributed by atoms with van der Waals surface area (Å²) in [6.45, 7) is 6.37. The summed E-state index contributed by atoms with van der Waals surface area (Å²) in [4.78, 5) is 12.1. The van der Waals surface area contributed by atoms with Crippen molar-refractivity contribution in [3.05, 3.63) is 41.7 Å². The van der Waals surface area contributed by atoms with Crippen LogP contribution in [0, 0.1) is 6.92 Å². The fraction of sp³-hybridized carbons (Fsp3) is 0.333. The molecular weight excluding hydrogens is 252 g/mol. The minimum atomic E-state index is -0.107. The zero-order valence-corrected chi connectivity index (χ0v) is 12.1. The van der Waals surface area contributed by atoms with E-state index in [9.17, 15) is 4.79 Å². The second kappa shape index (κ2) is 5.77. The van der Waals surface area contributed by atoms with Gasteiger partial charge in [0.1, 0.15) is 6.54 Å². The number of aryl methyl sites for hydroxylation is 1. The molecule has 2 rings (SSSR count). The maximum Gasteiger partial charge on any atom is 0.246 e. The SMILES string of the molecule is Cc1cccc(C(C)C)c1NC(=O)Cn1cc(N)cn1. The first-order valence-corrected chi connectivity index (χ1v) is 6.64. The highest BCUT2D eigenvalue weighted by molar-refractivity contribution is 5.92. The largest absolute Gasteiger partial charge is 0.396 e. The Kier molecular flexibility index (Phi) is 4.08. The molecule has 0 bridgehead atoms. The molecule has 3 N–H and O–H groups in total. The zero-order chi connectivity index (χ0) is 14.7. The first-order chi connectivity index (χ1) is 9.47. The van der Waals surface area contributed by atoms with Gasteiger partial charge in [-0.15, -0.1) is 0 Å². The molecule has 5 nitrogen and oxygen atoms in total. The van der Waals surface area contributed by atoms with Gasteiger partial charge in [-0.05, 0) is 24.0 Å². The molecule has 0 saturated carbocycles. The Hall–Kier alpha value is -2.30. The van der Waals surface area contributed by atoms with Crippen molar-refractivity contribution in [3.8, 4) is 0 Å². The Labute approximate surface area is 118 Å². The van der Waals surface area contributed by atoms with Crippen molar-refractivity contribution in [2.24, 2.45) is 0 Å². The van der Waals surface area contributed by atoms with Gasteiger partial charge >= 0.3 is 0 Å². The number of rotatable bonds is 4. The van der Waals surface area contributed by atoms with Crippen molar-refractivity contribution < 1.29 is 4.79 Å². The lowest BCUT2D eigenvalue weighted by molar-refractivity contribution is -0.116. The third-order valence-electron chi connectivity index (χ3n) is 3.15. The van der Waals surface area contributed by atoms with Gasteiger partial charge in [0.15, 0.2) is 0 Å². The number of nitrogen functional groups attached to an aromatic ring is 1. The highest BCUT2D eigenvalue weighted by Crippen LogP contribution is 2.27. The molecule has 0 spiro atoms. The number of anilines is 2. The highest BCUT2D eigenvalue weighted by atomic mass is 16.2. The lowest BCUT2D eigenvalue weighted by Gasteiger charge is -2.16. The molecule has 0 aliphatic heterocycles. The molecule has 106 valence electrons.